The average molecular weight is 298 g/mol. The highest BCUT2D eigenvalue weighted by molar-refractivity contribution is 6.31. The number of hydrogen-bond donors (Lipinski definition) is 2. The van der Waals surface area contributed by atoms with Crippen molar-refractivity contribution in [3.8, 4) is 0 Å². The van der Waals surface area contributed by atoms with E-state index in [-0.39, 0.29) is 13.2 Å². The summed E-state index contributed by atoms with van der Waals surface area (Å²) in [5.74, 6) is -1.67. The number of ether oxygens (including phenoxy) is 1. The molecule has 0 aromatic heterocycles. The lowest BCUT2D eigenvalue weighted by atomic mass is 10.1. The number of amides is 1. The Hall–Kier alpha value is -1.85. The third-order valence-electron chi connectivity index (χ3n) is 2.43. The van der Waals surface area contributed by atoms with Gasteiger partial charge in [-0.1, -0.05) is 17.7 Å². The summed E-state index contributed by atoms with van der Waals surface area (Å²) < 4.78 is 5.05. The molecule has 20 heavy (non-hydrogen) atoms. The fourth-order valence-electron chi connectivity index (χ4n) is 1.55. The van der Waals surface area contributed by atoms with Crippen molar-refractivity contribution in [2.24, 2.45) is 0 Å². The molecule has 1 rings (SSSR count). The Kier molecular flexibility index (Phi) is 6.21. The second-order valence-electron chi connectivity index (χ2n) is 4.21. The van der Waals surface area contributed by atoms with Crippen LogP contribution in [0.2, 0.25) is 5.02 Å². The van der Waals surface area contributed by atoms with Gasteiger partial charge >= 0.3 is 5.97 Å². The normalized spacial score (nSPS) is 11.7. The van der Waals surface area contributed by atoms with Crippen LogP contribution in [0, 0.1) is 6.92 Å². The molecule has 108 valence electrons. The Balaban J connectivity index is 2.74. The number of benzene rings is 1. The standard InChI is InChI=1S/C14H16ClNO4/c1-3-4-20-8-12(14(18)19)16-13(17)10-5-9(2)6-11(15)7-10/h3,5-7,12H,1,4,8H2,2H3,(H,16,17)(H,18,19). The van der Waals surface area contributed by atoms with Gasteiger partial charge in [0, 0.05) is 10.6 Å². The maximum atomic E-state index is 12.0. The number of nitrogens with one attached hydrogen (secondary N) is 1. The van der Waals surface area contributed by atoms with E-state index in [4.69, 9.17) is 21.4 Å². The van der Waals surface area contributed by atoms with Crippen LogP contribution in [-0.4, -0.2) is 36.2 Å². The molecule has 1 amide bonds. The van der Waals surface area contributed by atoms with Crippen molar-refractivity contribution < 1.29 is 19.4 Å². The number of carboxylic acids is 1. The van der Waals surface area contributed by atoms with E-state index in [0.29, 0.717) is 10.6 Å². The van der Waals surface area contributed by atoms with E-state index in [1.165, 1.54) is 12.1 Å². The van der Waals surface area contributed by atoms with Gasteiger partial charge in [-0.2, -0.15) is 0 Å². The lowest BCUT2D eigenvalue weighted by Gasteiger charge is -2.14. The molecule has 0 bridgehead atoms. The van der Waals surface area contributed by atoms with Gasteiger partial charge in [0.15, 0.2) is 6.04 Å². The van der Waals surface area contributed by atoms with E-state index in [1.54, 1.807) is 19.1 Å². The van der Waals surface area contributed by atoms with Crippen molar-refractivity contribution in [1.29, 1.82) is 0 Å². The number of carbonyl (C=O) groups is 2. The Morgan fingerprint density at radius 3 is 2.75 bits per heavy atom. The number of carbonyl (C=O) groups excluding carboxylic acids is 1. The Bertz CT molecular complexity index is 496. The van der Waals surface area contributed by atoms with Gasteiger partial charge in [-0.25, -0.2) is 4.79 Å². The second kappa shape index (κ2) is 7.67. The molecular formula is C14H16ClNO4. The molecule has 0 aliphatic heterocycles. The first kappa shape index (κ1) is 16.2. The maximum Gasteiger partial charge on any atom is 0.328 e. The fourth-order valence-corrected chi connectivity index (χ4v) is 1.84. The summed E-state index contributed by atoms with van der Waals surface area (Å²) in [6, 6.07) is 3.69. The molecule has 2 N–H and O–H groups in total. The number of carboxylic acid groups (broad SMARTS) is 1. The van der Waals surface area contributed by atoms with Crippen molar-refractivity contribution in [3.63, 3.8) is 0 Å². The zero-order valence-electron chi connectivity index (χ0n) is 11.1. The summed E-state index contributed by atoms with van der Waals surface area (Å²) in [6.45, 7) is 5.34. The first-order chi connectivity index (χ1) is 9.43. The zero-order chi connectivity index (χ0) is 15.1. The molecule has 1 atom stereocenters. The number of aryl methyl sites for hydroxylation is 1. The number of aliphatic carboxylic acids is 1. The van der Waals surface area contributed by atoms with Crippen molar-refractivity contribution >= 4 is 23.5 Å². The average Bonchev–Trinajstić information content (AvgIpc) is 2.36. The van der Waals surface area contributed by atoms with E-state index >= 15 is 0 Å². The van der Waals surface area contributed by atoms with Gasteiger partial charge in [-0.15, -0.1) is 6.58 Å². The molecular weight excluding hydrogens is 282 g/mol. The minimum absolute atomic E-state index is 0.132. The summed E-state index contributed by atoms with van der Waals surface area (Å²) in [5, 5.41) is 11.8. The van der Waals surface area contributed by atoms with E-state index in [2.05, 4.69) is 11.9 Å². The zero-order valence-corrected chi connectivity index (χ0v) is 11.8. The van der Waals surface area contributed by atoms with Gasteiger partial charge in [0.05, 0.1) is 13.2 Å². The van der Waals surface area contributed by atoms with E-state index < -0.39 is 17.9 Å². The van der Waals surface area contributed by atoms with Crippen LogP contribution in [0.5, 0.6) is 0 Å². The SMILES string of the molecule is C=CCOCC(NC(=O)c1cc(C)cc(Cl)c1)C(=O)O. The van der Waals surface area contributed by atoms with Crippen LogP contribution < -0.4 is 5.32 Å². The maximum absolute atomic E-state index is 12.0. The number of hydrogen-bond acceptors (Lipinski definition) is 3. The topological polar surface area (TPSA) is 75.6 Å². The van der Waals surface area contributed by atoms with Gasteiger partial charge in [0.1, 0.15) is 0 Å². The molecule has 1 aromatic rings. The summed E-state index contributed by atoms with van der Waals surface area (Å²) in [4.78, 5) is 23.0. The summed E-state index contributed by atoms with van der Waals surface area (Å²) in [6.07, 6.45) is 1.50. The minimum Gasteiger partial charge on any atom is -0.480 e. The predicted molar refractivity (Wildman–Crippen MR) is 76.1 cm³/mol. The van der Waals surface area contributed by atoms with Crippen LogP contribution in [0.4, 0.5) is 0 Å². The first-order valence-electron chi connectivity index (χ1n) is 5.93. The highest BCUT2D eigenvalue weighted by Gasteiger charge is 2.21. The second-order valence-corrected chi connectivity index (χ2v) is 4.64. The van der Waals surface area contributed by atoms with Gasteiger partial charge < -0.3 is 15.2 Å². The Morgan fingerprint density at radius 1 is 1.50 bits per heavy atom. The van der Waals surface area contributed by atoms with Crippen LogP contribution >= 0.6 is 11.6 Å². The largest absolute Gasteiger partial charge is 0.480 e. The Morgan fingerprint density at radius 2 is 2.20 bits per heavy atom. The van der Waals surface area contributed by atoms with Gasteiger partial charge in [0.25, 0.3) is 5.91 Å². The molecule has 6 heteroatoms. The van der Waals surface area contributed by atoms with Crippen LogP contribution in [0.15, 0.2) is 30.9 Å². The quantitative estimate of drug-likeness (QED) is 0.596. The summed E-state index contributed by atoms with van der Waals surface area (Å²) in [5.41, 5.74) is 1.13. The molecule has 0 heterocycles. The minimum atomic E-state index is -1.17. The molecule has 0 saturated carbocycles. The highest BCUT2D eigenvalue weighted by atomic mass is 35.5. The van der Waals surface area contributed by atoms with Crippen molar-refractivity contribution in [2.75, 3.05) is 13.2 Å². The van der Waals surface area contributed by atoms with Gasteiger partial charge in [0.2, 0.25) is 0 Å². The summed E-state index contributed by atoms with van der Waals surface area (Å²) in [7, 11) is 0. The lowest BCUT2D eigenvalue weighted by molar-refractivity contribution is -0.140. The number of rotatable bonds is 7. The molecule has 5 nitrogen and oxygen atoms in total. The molecule has 0 spiro atoms. The predicted octanol–water partition coefficient (Wildman–Crippen LogP) is 2.03. The van der Waals surface area contributed by atoms with Crippen molar-refractivity contribution in [1.82, 2.24) is 5.32 Å². The molecule has 0 aliphatic rings. The lowest BCUT2D eigenvalue weighted by Crippen LogP contribution is -2.44. The third kappa shape index (κ3) is 5.03. The first-order valence-corrected chi connectivity index (χ1v) is 6.31. The molecule has 0 aliphatic carbocycles. The van der Waals surface area contributed by atoms with Crippen molar-refractivity contribution in [2.45, 2.75) is 13.0 Å². The Labute approximate surface area is 122 Å². The number of halogens is 1. The molecule has 0 saturated heterocycles. The van der Waals surface area contributed by atoms with Crippen LogP contribution in [0.25, 0.3) is 0 Å². The molecule has 1 unspecified atom stereocenters. The van der Waals surface area contributed by atoms with Crippen LogP contribution in [-0.2, 0) is 9.53 Å². The van der Waals surface area contributed by atoms with Gasteiger partial charge in [-0.05, 0) is 30.7 Å². The monoisotopic (exact) mass is 297 g/mol. The summed E-state index contributed by atoms with van der Waals surface area (Å²) >= 11 is 5.86. The molecule has 0 radical (unpaired) electrons. The molecule has 0 fully saturated rings. The van der Waals surface area contributed by atoms with Crippen LogP contribution in [0.1, 0.15) is 15.9 Å². The fraction of sp³-hybridized carbons (Fsp3) is 0.286. The smallest absolute Gasteiger partial charge is 0.328 e. The van der Waals surface area contributed by atoms with E-state index in [1.807, 2.05) is 0 Å². The van der Waals surface area contributed by atoms with Crippen molar-refractivity contribution in [3.05, 3.63) is 47.0 Å². The molecule has 1 aromatic carbocycles. The third-order valence-corrected chi connectivity index (χ3v) is 2.65. The van der Waals surface area contributed by atoms with E-state index in [0.717, 1.165) is 5.56 Å². The van der Waals surface area contributed by atoms with E-state index in [9.17, 15) is 9.59 Å². The van der Waals surface area contributed by atoms with Gasteiger partial charge in [-0.3, -0.25) is 4.79 Å². The highest BCUT2D eigenvalue weighted by Crippen LogP contribution is 2.14. The van der Waals surface area contributed by atoms with Crippen LogP contribution in [0.3, 0.4) is 0 Å².